The van der Waals surface area contributed by atoms with Crippen LogP contribution >= 0.6 is 0 Å². The van der Waals surface area contributed by atoms with Crippen LogP contribution in [0.2, 0.25) is 0 Å². The third-order valence-corrected chi connectivity index (χ3v) is 10.1. The molecular weight excluding hydrogens is 468 g/mol. The van der Waals surface area contributed by atoms with E-state index in [-0.39, 0.29) is 0 Å². The maximum Gasteiger partial charge on any atom is 0.0113 e. The summed E-state index contributed by atoms with van der Waals surface area (Å²) in [6, 6.07) is 2.90. The highest BCUT2D eigenvalue weighted by Crippen LogP contribution is 2.22. The van der Waals surface area contributed by atoms with Gasteiger partial charge in [0.25, 0.3) is 0 Å². The van der Waals surface area contributed by atoms with Crippen molar-refractivity contribution in [1.29, 1.82) is 0 Å². The van der Waals surface area contributed by atoms with Crippen molar-refractivity contribution in [2.75, 3.05) is 91.6 Å². The van der Waals surface area contributed by atoms with Crippen LogP contribution in [0.1, 0.15) is 81.1 Å². The van der Waals surface area contributed by atoms with Crippen molar-refractivity contribution in [2.24, 2.45) is 11.8 Å². The molecule has 0 aromatic carbocycles. The average Bonchev–Trinajstić information content (AvgIpc) is 2.90. The SMILES string of the molecule is CC(C)N1CCC(CN2CCN(C(C)C)CC2)CC1.CC(C)N1CCC(CN2CCN(C(C)C)CC2)CC1. The van der Waals surface area contributed by atoms with Crippen LogP contribution in [0.4, 0.5) is 0 Å². The second kappa shape index (κ2) is 16.3. The largest absolute Gasteiger partial charge is 0.301 e. The summed E-state index contributed by atoms with van der Waals surface area (Å²) in [6.45, 7) is 36.7. The van der Waals surface area contributed by atoms with Crippen LogP contribution in [0.5, 0.6) is 0 Å². The van der Waals surface area contributed by atoms with Crippen molar-refractivity contribution in [3.05, 3.63) is 0 Å². The molecule has 0 atom stereocenters. The lowest BCUT2D eigenvalue weighted by atomic mass is 9.95. The van der Waals surface area contributed by atoms with Gasteiger partial charge in [0.1, 0.15) is 0 Å². The molecule has 38 heavy (non-hydrogen) atoms. The number of piperidine rings is 2. The molecule has 0 aromatic heterocycles. The summed E-state index contributed by atoms with van der Waals surface area (Å²) in [5.74, 6) is 1.89. The molecule has 0 amide bonds. The lowest BCUT2D eigenvalue weighted by Gasteiger charge is -2.40. The van der Waals surface area contributed by atoms with Crippen LogP contribution < -0.4 is 0 Å². The van der Waals surface area contributed by atoms with Crippen LogP contribution in [0.15, 0.2) is 0 Å². The molecule has 0 bridgehead atoms. The molecule has 4 rings (SSSR count). The number of hydrogen-bond acceptors (Lipinski definition) is 6. The first-order valence-electron chi connectivity index (χ1n) is 16.5. The minimum atomic E-state index is 0.719. The summed E-state index contributed by atoms with van der Waals surface area (Å²) in [4.78, 5) is 15.9. The van der Waals surface area contributed by atoms with Crippen molar-refractivity contribution in [1.82, 2.24) is 29.4 Å². The van der Waals surface area contributed by atoms with E-state index in [4.69, 9.17) is 0 Å². The number of rotatable bonds is 8. The fourth-order valence-electron chi connectivity index (χ4n) is 6.96. The number of nitrogens with zero attached hydrogens (tertiary/aromatic N) is 6. The molecule has 4 saturated heterocycles. The molecule has 4 heterocycles. The third-order valence-electron chi connectivity index (χ3n) is 10.1. The molecule has 4 fully saturated rings. The average molecular weight is 535 g/mol. The highest BCUT2D eigenvalue weighted by molar-refractivity contribution is 4.81. The molecule has 0 unspecified atom stereocenters. The van der Waals surface area contributed by atoms with E-state index in [1.165, 1.54) is 117 Å². The fraction of sp³-hybridized carbons (Fsp3) is 1.00. The highest BCUT2D eigenvalue weighted by Gasteiger charge is 2.26. The van der Waals surface area contributed by atoms with E-state index in [2.05, 4.69) is 84.8 Å². The first-order chi connectivity index (χ1) is 18.1. The number of likely N-dealkylation sites (tertiary alicyclic amines) is 2. The van der Waals surface area contributed by atoms with Crippen LogP contribution in [0, 0.1) is 11.8 Å². The zero-order chi connectivity index (χ0) is 27.7. The van der Waals surface area contributed by atoms with Gasteiger partial charge in [-0.1, -0.05) is 0 Å². The van der Waals surface area contributed by atoms with E-state index in [1.807, 2.05) is 0 Å². The highest BCUT2D eigenvalue weighted by atomic mass is 15.3. The molecule has 224 valence electrons. The normalized spacial score (nSPS) is 25.6. The number of hydrogen-bond donors (Lipinski definition) is 0. The Morgan fingerprint density at radius 1 is 0.368 bits per heavy atom. The van der Waals surface area contributed by atoms with Gasteiger partial charge in [0.05, 0.1) is 0 Å². The van der Waals surface area contributed by atoms with Gasteiger partial charge in [-0.05, 0) is 119 Å². The first-order valence-corrected chi connectivity index (χ1v) is 16.5. The van der Waals surface area contributed by atoms with Gasteiger partial charge in [0.2, 0.25) is 0 Å². The van der Waals surface area contributed by atoms with Crippen molar-refractivity contribution in [2.45, 2.75) is 105 Å². The summed E-state index contributed by atoms with van der Waals surface area (Å²) in [5.41, 5.74) is 0. The first kappa shape index (κ1) is 32.3. The zero-order valence-corrected chi connectivity index (χ0v) is 26.9. The van der Waals surface area contributed by atoms with Crippen molar-refractivity contribution >= 4 is 0 Å². The predicted molar refractivity (Wildman–Crippen MR) is 165 cm³/mol. The van der Waals surface area contributed by atoms with Crippen LogP contribution in [0.25, 0.3) is 0 Å². The van der Waals surface area contributed by atoms with Crippen molar-refractivity contribution in [3.63, 3.8) is 0 Å². The Labute approximate surface area is 238 Å². The second-order valence-corrected chi connectivity index (χ2v) is 14.0. The van der Waals surface area contributed by atoms with Gasteiger partial charge in [0.15, 0.2) is 0 Å². The Hall–Kier alpha value is -0.240. The molecule has 6 heteroatoms. The van der Waals surface area contributed by atoms with Crippen molar-refractivity contribution in [3.8, 4) is 0 Å². The predicted octanol–water partition coefficient (Wildman–Crippen LogP) is 4.27. The Balaban J connectivity index is 0.000000211. The Bertz CT molecular complexity index is 499. The summed E-state index contributed by atoms with van der Waals surface area (Å²) in [5, 5.41) is 0. The molecular formula is C32H66N6. The van der Waals surface area contributed by atoms with Gasteiger partial charge in [-0.25, -0.2) is 0 Å². The van der Waals surface area contributed by atoms with Gasteiger partial charge in [0, 0.05) is 89.6 Å². The molecule has 6 nitrogen and oxygen atoms in total. The van der Waals surface area contributed by atoms with E-state index in [1.54, 1.807) is 0 Å². The number of piperazine rings is 2. The van der Waals surface area contributed by atoms with Crippen LogP contribution in [-0.2, 0) is 0 Å². The fourth-order valence-corrected chi connectivity index (χ4v) is 6.96. The monoisotopic (exact) mass is 535 g/mol. The molecule has 0 saturated carbocycles. The van der Waals surface area contributed by atoms with E-state index >= 15 is 0 Å². The van der Waals surface area contributed by atoms with Crippen molar-refractivity contribution < 1.29 is 0 Å². The molecule has 0 aromatic rings. The van der Waals surface area contributed by atoms with Gasteiger partial charge < -0.3 is 19.6 Å². The smallest absolute Gasteiger partial charge is 0.0113 e. The van der Waals surface area contributed by atoms with Gasteiger partial charge in [-0.3, -0.25) is 9.80 Å². The minimum absolute atomic E-state index is 0.719. The molecule has 0 radical (unpaired) electrons. The minimum Gasteiger partial charge on any atom is -0.301 e. The molecule has 0 aliphatic carbocycles. The molecule has 0 N–H and O–H groups in total. The van der Waals surface area contributed by atoms with E-state index in [9.17, 15) is 0 Å². The van der Waals surface area contributed by atoms with Gasteiger partial charge >= 0.3 is 0 Å². The second-order valence-electron chi connectivity index (χ2n) is 14.0. The molecule has 0 spiro atoms. The Kier molecular flexibility index (Phi) is 13.8. The van der Waals surface area contributed by atoms with E-state index in [0.717, 1.165) is 36.0 Å². The lowest BCUT2D eigenvalue weighted by Crippen LogP contribution is -2.50. The lowest BCUT2D eigenvalue weighted by molar-refractivity contribution is 0.0758. The van der Waals surface area contributed by atoms with Gasteiger partial charge in [-0.15, -0.1) is 0 Å². The molecule has 4 aliphatic heterocycles. The van der Waals surface area contributed by atoms with Crippen LogP contribution in [-0.4, -0.2) is 145 Å². The quantitative estimate of drug-likeness (QED) is 0.460. The summed E-state index contributed by atoms with van der Waals surface area (Å²) >= 11 is 0. The van der Waals surface area contributed by atoms with E-state index < -0.39 is 0 Å². The third kappa shape index (κ3) is 10.6. The summed E-state index contributed by atoms with van der Waals surface area (Å²) < 4.78 is 0. The maximum atomic E-state index is 2.70. The maximum absolute atomic E-state index is 2.70. The Morgan fingerprint density at radius 2 is 0.605 bits per heavy atom. The standard InChI is InChI=1S/2C16H33N3/c2*1-14(2)18-7-5-16(6-8-18)13-17-9-11-19(12-10-17)15(3)4/h2*14-16H,5-13H2,1-4H3. The summed E-state index contributed by atoms with van der Waals surface area (Å²) in [6.07, 6.45) is 5.62. The van der Waals surface area contributed by atoms with Crippen LogP contribution in [0.3, 0.4) is 0 Å². The molecule has 4 aliphatic rings. The zero-order valence-electron chi connectivity index (χ0n) is 26.9. The summed E-state index contributed by atoms with van der Waals surface area (Å²) in [7, 11) is 0. The Morgan fingerprint density at radius 3 is 0.842 bits per heavy atom. The topological polar surface area (TPSA) is 19.4 Å². The van der Waals surface area contributed by atoms with Gasteiger partial charge in [-0.2, -0.15) is 0 Å². The van der Waals surface area contributed by atoms with E-state index in [0.29, 0.717) is 0 Å².